The van der Waals surface area contributed by atoms with Crippen molar-refractivity contribution in [2.24, 2.45) is 5.73 Å². The molecule has 0 saturated carbocycles. The number of nitrogens with one attached hydrogen (secondary N) is 1. The number of carboxylic acid groups (broad SMARTS) is 1. The number of ether oxygens (including phenoxy) is 1. The maximum Gasteiger partial charge on any atom is 0.336 e. The maximum absolute atomic E-state index is 11.0. The third kappa shape index (κ3) is 24.4. The van der Waals surface area contributed by atoms with Gasteiger partial charge in [-0.3, -0.25) is 4.98 Å². The number of nitrogens with two attached hydrogens (primary N) is 1. The molecule has 0 amide bonds. The van der Waals surface area contributed by atoms with Gasteiger partial charge in [0.05, 0.1) is 12.2 Å². The molecule has 7 N–H and O–H groups in total. The van der Waals surface area contributed by atoms with E-state index >= 15 is 0 Å². The number of esters is 1. The predicted octanol–water partition coefficient (Wildman–Crippen LogP) is 6.13. The van der Waals surface area contributed by atoms with Gasteiger partial charge >= 0.3 is 11.9 Å². The molecule has 0 fully saturated rings. The molecule has 14 heteroatoms. The number of pyridine rings is 1. The number of carboxylic acids is 1. The summed E-state index contributed by atoms with van der Waals surface area (Å²) in [6.07, 6.45) is 4.60. The molecular formula is C38H51BrCl2N4O7. The van der Waals surface area contributed by atoms with E-state index in [0.29, 0.717) is 12.3 Å². The first-order valence-corrected chi connectivity index (χ1v) is 16.6. The zero-order chi connectivity index (χ0) is 37.3. The number of aromatic hydroxyl groups is 1. The van der Waals surface area contributed by atoms with E-state index in [9.17, 15) is 19.8 Å². The van der Waals surface area contributed by atoms with Crippen molar-refractivity contribution in [1.82, 2.24) is 15.2 Å². The molecule has 1 unspecified atom stereocenters. The molecular weight excluding hydrogens is 775 g/mol. The Kier molecular flexibility index (Phi) is 28.7. The molecule has 0 aliphatic rings. The zero-order valence-electron chi connectivity index (χ0n) is 29.7. The molecule has 0 aliphatic heterocycles. The molecule has 4 rings (SSSR count). The Balaban J connectivity index is 0. The minimum atomic E-state index is -1.19. The number of nitrogens with zero attached hydrogens (tertiary/aromatic N) is 2. The van der Waals surface area contributed by atoms with Crippen molar-refractivity contribution in [3.63, 3.8) is 0 Å². The first kappa shape index (κ1) is 50.3. The normalized spacial score (nSPS) is 11.7. The Morgan fingerprint density at radius 1 is 0.923 bits per heavy atom. The highest BCUT2D eigenvalue weighted by molar-refractivity contribution is 9.10. The molecule has 1 heterocycles. The highest BCUT2D eigenvalue weighted by atomic mass is 79.9. The summed E-state index contributed by atoms with van der Waals surface area (Å²) >= 11 is 3.23. The number of benzene rings is 3. The van der Waals surface area contributed by atoms with Gasteiger partial charge in [0.2, 0.25) is 0 Å². The number of aryl methyl sites for hydroxylation is 1. The van der Waals surface area contributed by atoms with Crippen LogP contribution in [0.25, 0.3) is 0 Å². The fourth-order valence-corrected chi connectivity index (χ4v) is 4.18. The summed E-state index contributed by atoms with van der Waals surface area (Å²) in [5, 5.41) is 39.2. The zero-order valence-corrected chi connectivity index (χ0v) is 32.9. The number of phenols is 1. The van der Waals surface area contributed by atoms with Crippen molar-refractivity contribution in [2.75, 3.05) is 34.2 Å². The quantitative estimate of drug-likeness (QED) is 0.0551. The Bertz CT molecular complexity index is 1540. The standard InChI is InChI=1S/C10H7BrO4.C10H16N2.C9H13NO2.C9H13NO.2ClH/c11-7-1-3-8(4-2-7)15-10(14)6-5-9(12)13;1-12(2)9-5-7-10-6-3-4-8-11-10;1-10-6-9(12)7-3-2-4-8(11)5-7;1-7(10)9(11)8-5-3-2-4-6-8;;/h1-6H,(H,12,13);3-4,6,8H,5,7,9H2,1-2H3;2-5,9-12H,6H2,1H3;2-7,9,11H,10H2,1H3;2*1H/b6-5+;;;;;/t;;9-;7-,9?;;/m..01../s1. The van der Waals surface area contributed by atoms with Crippen LogP contribution >= 0.6 is 40.7 Å². The minimum Gasteiger partial charge on any atom is -0.508 e. The molecule has 0 radical (unpaired) electrons. The number of likely N-dealkylation sites (N-methyl/N-ethyl adjacent to an activating group) is 1. The van der Waals surface area contributed by atoms with Gasteiger partial charge in [-0.1, -0.05) is 64.5 Å². The van der Waals surface area contributed by atoms with Gasteiger partial charge in [0, 0.05) is 41.1 Å². The highest BCUT2D eigenvalue weighted by Crippen LogP contribution is 2.18. The van der Waals surface area contributed by atoms with Crippen molar-refractivity contribution in [3.8, 4) is 11.5 Å². The van der Waals surface area contributed by atoms with E-state index in [0.717, 1.165) is 40.7 Å². The smallest absolute Gasteiger partial charge is 0.336 e. The average molecular weight is 827 g/mol. The average Bonchev–Trinajstić information content (AvgIpc) is 3.10. The Hall–Kier alpha value is -3.85. The lowest BCUT2D eigenvalue weighted by Crippen LogP contribution is -2.24. The van der Waals surface area contributed by atoms with E-state index in [-0.39, 0.29) is 36.6 Å². The van der Waals surface area contributed by atoms with Crippen LogP contribution in [0, 0.1) is 0 Å². The topological polar surface area (TPSA) is 178 Å². The number of aliphatic hydroxyl groups is 2. The maximum atomic E-state index is 11.0. The molecule has 4 aromatic rings. The molecule has 1 aromatic heterocycles. The van der Waals surface area contributed by atoms with E-state index < -0.39 is 24.1 Å². The van der Waals surface area contributed by atoms with E-state index in [1.54, 1.807) is 62.5 Å². The van der Waals surface area contributed by atoms with Gasteiger partial charge in [0.25, 0.3) is 0 Å². The van der Waals surface area contributed by atoms with E-state index in [4.69, 9.17) is 20.7 Å². The van der Waals surface area contributed by atoms with Crippen LogP contribution in [-0.2, 0) is 16.0 Å². The Morgan fingerprint density at radius 2 is 1.54 bits per heavy atom. The number of rotatable bonds is 12. The van der Waals surface area contributed by atoms with Crippen LogP contribution < -0.4 is 15.8 Å². The second kappa shape index (κ2) is 29.7. The highest BCUT2D eigenvalue weighted by Gasteiger charge is 2.10. The number of hydrogen-bond donors (Lipinski definition) is 6. The summed E-state index contributed by atoms with van der Waals surface area (Å²) in [5.41, 5.74) is 8.32. The molecule has 0 bridgehead atoms. The van der Waals surface area contributed by atoms with Gasteiger partial charge in [0.1, 0.15) is 11.5 Å². The lowest BCUT2D eigenvalue weighted by molar-refractivity contribution is -0.133. The summed E-state index contributed by atoms with van der Waals surface area (Å²) in [4.78, 5) is 27.6. The Morgan fingerprint density at radius 3 is 2.06 bits per heavy atom. The van der Waals surface area contributed by atoms with Crippen LogP contribution in [0.15, 0.2) is 120 Å². The summed E-state index contributed by atoms with van der Waals surface area (Å²) in [5.74, 6) is -1.37. The fourth-order valence-electron chi connectivity index (χ4n) is 3.91. The summed E-state index contributed by atoms with van der Waals surface area (Å²) in [6, 6.07) is 28.5. The largest absolute Gasteiger partial charge is 0.508 e. The van der Waals surface area contributed by atoms with Crippen molar-refractivity contribution in [2.45, 2.75) is 38.0 Å². The molecule has 52 heavy (non-hydrogen) atoms. The number of halogens is 3. The molecule has 3 atom stereocenters. The SMILES string of the molecule is CN(C)CCCc1ccccn1.CNC[C@H](O)c1cccc(O)c1.C[C@@H](N)C(O)c1ccccc1.Cl.Cl.O=C(O)/C=C/C(=O)Oc1ccc(Br)cc1. The number of aliphatic carboxylic acids is 1. The second-order valence-corrected chi connectivity index (χ2v) is 12.1. The summed E-state index contributed by atoms with van der Waals surface area (Å²) in [7, 11) is 5.96. The van der Waals surface area contributed by atoms with Gasteiger partial charge in [-0.05, 0) is 107 Å². The van der Waals surface area contributed by atoms with Crippen LogP contribution in [0.1, 0.15) is 42.4 Å². The van der Waals surface area contributed by atoms with E-state index in [1.807, 2.05) is 48.7 Å². The minimum absolute atomic E-state index is 0. The number of phenolic OH excluding ortho intramolecular Hbond substituents is 1. The molecule has 0 spiro atoms. The second-order valence-electron chi connectivity index (χ2n) is 11.2. The summed E-state index contributed by atoms with van der Waals surface area (Å²) < 4.78 is 5.67. The lowest BCUT2D eigenvalue weighted by atomic mass is 10.0. The number of carbonyl (C=O) groups excluding carboxylic acids is 1. The van der Waals surface area contributed by atoms with Crippen LogP contribution in [0.3, 0.4) is 0 Å². The van der Waals surface area contributed by atoms with Crippen LogP contribution in [0.4, 0.5) is 0 Å². The summed E-state index contributed by atoms with van der Waals surface area (Å²) in [6.45, 7) is 3.41. The monoisotopic (exact) mass is 824 g/mol. The number of hydrogen-bond acceptors (Lipinski definition) is 10. The molecule has 0 saturated heterocycles. The number of carbonyl (C=O) groups is 2. The van der Waals surface area contributed by atoms with Crippen molar-refractivity contribution in [3.05, 3.63) is 137 Å². The fraction of sp³-hybridized carbons (Fsp3) is 0.289. The van der Waals surface area contributed by atoms with Gasteiger partial charge < -0.3 is 41.1 Å². The van der Waals surface area contributed by atoms with Crippen LogP contribution in [0.5, 0.6) is 11.5 Å². The molecule has 0 aliphatic carbocycles. The van der Waals surface area contributed by atoms with E-state index in [1.165, 1.54) is 12.1 Å². The number of aliphatic hydroxyl groups excluding tert-OH is 2. The van der Waals surface area contributed by atoms with Gasteiger partial charge in [-0.15, -0.1) is 24.8 Å². The first-order valence-electron chi connectivity index (χ1n) is 15.9. The third-order valence-electron chi connectivity index (χ3n) is 6.45. The van der Waals surface area contributed by atoms with Gasteiger partial charge in [0.15, 0.2) is 0 Å². The van der Waals surface area contributed by atoms with Crippen molar-refractivity contribution >= 4 is 52.7 Å². The predicted molar refractivity (Wildman–Crippen MR) is 214 cm³/mol. The third-order valence-corrected chi connectivity index (χ3v) is 6.98. The van der Waals surface area contributed by atoms with Gasteiger partial charge in [-0.25, -0.2) is 9.59 Å². The van der Waals surface area contributed by atoms with Crippen molar-refractivity contribution in [1.29, 1.82) is 0 Å². The van der Waals surface area contributed by atoms with E-state index in [2.05, 4.69) is 51.3 Å². The van der Waals surface area contributed by atoms with Crippen LogP contribution in [-0.4, -0.2) is 82.5 Å². The Labute approximate surface area is 327 Å². The van der Waals surface area contributed by atoms with Crippen LogP contribution in [0.2, 0.25) is 0 Å². The number of aromatic nitrogens is 1. The molecule has 3 aromatic carbocycles. The molecule has 11 nitrogen and oxygen atoms in total. The lowest BCUT2D eigenvalue weighted by Gasteiger charge is -2.13. The van der Waals surface area contributed by atoms with Gasteiger partial charge in [-0.2, -0.15) is 0 Å². The first-order chi connectivity index (χ1) is 23.8. The molecule has 286 valence electrons. The van der Waals surface area contributed by atoms with Crippen molar-refractivity contribution < 1.29 is 34.8 Å².